The predicted molar refractivity (Wildman–Crippen MR) is 121 cm³/mol. The minimum Gasteiger partial charge on any atom is -0.492 e. The highest BCUT2D eigenvalue weighted by molar-refractivity contribution is 9.10. The highest BCUT2D eigenvalue weighted by Gasteiger charge is 2.12. The molecule has 8 heteroatoms. The Morgan fingerprint density at radius 2 is 1.93 bits per heavy atom. The first-order valence-electron chi connectivity index (χ1n) is 8.82. The van der Waals surface area contributed by atoms with Crippen LogP contribution in [0.4, 0.5) is 0 Å². The first-order chi connectivity index (χ1) is 14.0. The zero-order chi connectivity index (χ0) is 20.8. The summed E-state index contributed by atoms with van der Waals surface area (Å²) in [5.74, 6) is 1.63. The molecule has 0 saturated heterocycles. The highest BCUT2D eigenvalue weighted by atomic mass is 79.9. The maximum absolute atomic E-state index is 12.3. The van der Waals surface area contributed by atoms with Crippen molar-refractivity contribution in [2.75, 3.05) is 6.61 Å². The lowest BCUT2D eigenvalue weighted by molar-refractivity contribution is 0.0976. The topological polar surface area (TPSA) is 63.5 Å². The van der Waals surface area contributed by atoms with Gasteiger partial charge in [0.1, 0.15) is 17.3 Å². The van der Waals surface area contributed by atoms with Gasteiger partial charge in [-0.15, -0.1) is 0 Å². The van der Waals surface area contributed by atoms with Gasteiger partial charge in [-0.1, -0.05) is 39.7 Å². The van der Waals surface area contributed by atoms with Crippen LogP contribution in [0.2, 0.25) is 5.02 Å². The van der Waals surface area contributed by atoms with Crippen molar-refractivity contribution in [3.8, 4) is 17.1 Å². The average Bonchev–Trinajstić information content (AvgIpc) is 3.17. The molecular weight excluding hydrogens is 476 g/mol. The second-order valence-corrected chi connectivity index (χ2v) is 7.72. The summed E-state index contributed by atoms with van der Waals surface area (Å²) in [4.78, 5) is 12.3. The van der Waals surface area contributed by atoms with Crippen LogP contribution in [0.3, 0.4) is 0 Å². The van der Waals surface area contributed by atoms with Crippen LogP contribution in [0.25, 0.3) is 11.3 Å². The van der Waals surface area contributed by atoms with Gasteiger partial charge in [-0.3, -0.25) is 10.1 Å². The number of hydrogen-bond donors (Lipinski definition) is 2. The Kier molecular flexibility index (Phi) is 7.30. The fourth-order valence-electron chi connectivity index (χ4n) is 2.54. The summed E-state index contributed by atoms with van der Waals surface area (Å²) in [6.07, 6.45) is 0. The van der Waals surface area contributed by atoms with Gasteiger partial charge in [-0.25, -0.2) is 0 Å². The fourth-order valence-corrected chi connectivity index (χ4v) is 3.21. The monoisotopic (exact) mass is 492 g/mol. The van der Waals surface area contributed by atoms with Gasteiger partial charge < -0.3 is 14.5 Å². The lowest BCUT2D eigenvalue weighted by Crippen LogP contribution is -2.38. The number of hydrogen-bond acceptors (Lipinski definition) is 4. The molecular formula is C21H18BrClN2O3S. The Morgan fingerprint density at radius 1 is 1.17 bits per heavy atom. The van der Waals surface area contributed by atoms with E-state index >= 15 is 0 Å². The number of benzene rings is 2. The Labute approximate surface area is 187 Å². The molecule has 0 spiro atoms. The van der Waals surface area contributed by atoms with Gasteiger partial charge in [0.25, 0.3) is 5.91 Å². The molecule has 0 fully saturated rings. The molecule has 2 aromatic carbocycles. The molecule has 0 atom stereocenters. The second kappa shape index (κ2) is 9.91. The molecule has 0 unspecified atom stereocenters. The third-order valence-corrected chi connectivity index (χ3v) is 5.00. The highest BCUT2D eigenvalue weighted by Crippen LogP contribution is 2.26. The van der Waals surface area contributed by atoms with Crippen molar-refractivity contribution in [2.45, 2.75) is 13.5 Å². The standard InChI is InChI=1S/C21H18BrClN2O3S/c1-2-27-19-9-5-14(11-17(19)23)20(26)25-21(29)24-12-16-8-10-18(28-16)13-3-6-15(22)7-4-13/h3-11H,2,12H2,1H3,(H2,24,25,26,29). The first kappa shape index (κ1) is 21.4. The van der Waals surface area contributed by atoms with E-state index in [0.29, 0.717) is 35.2 Å². The van der Waals surface area contributed by atoms with Crippen LogP contribution >= 0.6 is 39.7 Å². The van der Waals surface area contributed by atoms with Gasteiger partial charge in [-0.05, 0) is 61.6 Å². The lowest BCUT2D eigenvalue weighted by atomic mass is 10.2. The van der Waals surface area contributed by atoms with Crippen LogP contribution in [0.15, 0.2) is 63.5 Å². The third kappa shape index (κ3) is 5.82. The summed E-state index contributed by atoms with van der Waals surface area (Å²) in [7, 11) is 0. The SMILES string of the molecule is CCOc1ccc(C(=O)NC(=S)NCc2ccc(-c3ccc(Br)cc3)o2)cc1Cl. The van der Waals surface area contributed by atoms with Gasteiger partial charge >= 0.3 is 0 Å². The molecule has 3 aromatic rings. The van der Waals surface area contributed by atoms with Crippen LogP contribution < -0.4 is 15.4 Å². The quantitative estimate of drug-likeness (QED) is 0.440. The van der Waals surface area contributed by atoms with Crippen LogP contribution in [0.5, 0.6) is 5.75 Å². The Balaban J connectivity index is 1.54. The predicted octanol–water partition coefficient (Wildman–Crippen LogP) is 5.57. The van der Waals surface area contributed by atoms with Gasteiger partial charge in [0, 0.05) is 15.6 Å². The number of rotatable bonds is 6. The number of carbonyl (C=O) groups is 1. The van der Waals surface area contributed by atoms with Crippen LogP contribution in [0, 0.1) is 0 Å². The van der Waals surface area contributed by atoms with Crippen LogP contribution in [0.1, 0.15) is 23.0 Å². The van der Waals surface area contributed by atoms with Crippen molar-refractivity contribution in [1.29, 1.82) is 0 Å². The van der Waals surface area contributed by atoms with E-state index in [-0.39, 0.29) is 11.0 Å². The van der Waals surface area contributed by atoms with Crippen molar-refractivity contribution >= 4 is 50.8 Å². The number of ether oxygens (including phenoxy) is 1. The fraction of sp³-hybridized carbons (Fsp3) is 0.143. The summed E-state index contributed by atoms with van der Waals surface area (Å²) in [5, 5.41) is 6.15. The summed E-state index contributed by atoms with van der Waals surface area (Å²) >= 11 is 14.7. The zero-order valence-corrected chi connectivity index (χ0v) is 18.7. The third-order valence-electron chi connectivity index (χ3n) is 3.93. The number of carbonyl (C=O) groups excluding carboxylic acids is 1. The molecule has 0 saturated carbocycles. The molecule has 1 heterocycles. The van der Waals surface area contributed by atoms with Gasteiger partial charge in [0.05, 0.1) is 18.2 Å². The van der Waals surface area contributed by atoms with E-state index in [0.717, 1.165) is 15.8 Å². The van der Waals surface area contributed by atoms with Crippen molar-refractivity contribution in [1.82, 2.24) is 10.6 Å². The minimum atomic E-state index is -0.359. The van der Waals surface area contributed by atoms with E-state index in [1.807, 2.05) is 43.3 Å². The number of halogens is 2. The first-order valence-corrected chi connectivity index (χ1v) is 10.4. The lowest BCUT2D eigenvalue weighted by Gasteiger charge is -2.10. The maximum Gasteiger partial charge on any atom is 0.257 e. The normalized spacial score (nSPS) is 10.4. The molecule has 0 aliphatic carbocycles. The van der Waals surface area contributed by atoms with Crippen molar-refractivity contribution in [3.63, 3.8) is 0 Å². The molecule has 150 valence electrons. The van der Waals surface area contributed by atoms with E-state index in [4.69, 9.17) is 33.0 Å². The smallest absolute Gasteiger partial charge is 0.257 e. The molecule has 0 radical (unpaired) electrons. The molecule has 2 N–H and O–H groups in total. The van der Waals surface area contributed by atoms with E-state index in [9.17, 15) is 4.79 Å². The van der Waals surface area contributed by atoms with Crippen molar-refractivity contribution in [3.05, 3.63) is 75.4 Å². The number of nitrogens with one attached hydrogen (secondary N) is 2. The molecule has 3 rings (SSSR count). The van der Waals surface area contributed by atoms with E-state index in [1.165, 1.54) is 0 Å². The van der Waals surface area contributed by atoms with E-state index < -0.39 is 0 Å². The van der Waals surface area contributed by atoms with Crippen molar-refractivity contribution < 1.29 is 13.9 Å². The molecule has 0 aliphatic heterocycles. The summed E-state index contributed by atoms with van der Waals surface area (Å²) in [6.45, 7) is 2.71. The average molecular weight is 494 g/mol. The Morgan fingerprint density at radius 3 is 2.62 bits per heavy atom. The zero-order valence-electron chi connectivity index (χ0n) is 15.5. The number of thiocarbonyl (C=S) groups is 1. The molecule has 0 aliphatic rings. The second-order valence-electron chi connectivity index (χ2n) is 5.99. The number of furan rings is 1. The molecule has 1 amide bonds. The van der Waals surface area contributed by atoms with Gasteiger partial charge in [0.2, 0.25) is 0 Å². The van der Waals surface area contributed by atoms with E-state index in [1.54, 1.807) is 18.2 Å². The van der Waals surface area contributed by atoms with Crippen LogP contribution in [-0.2, 0) is 6.54 Å². The molecule has 5 nitrogen and oxygen atoms in total. The van der Waals surface area contributed by atoms with Gasteiger partial charge in [0.15, 0.2) is 5.11 Å². The Bertz CT molecular complexity index is 1020. The minimum absolute atomic E-state index is 0.196. The molecule has 0 bridgehead atoms. The molecule has 1 aromatic heterocycles. The maximum atomic E-state index is 12.3. The number of amides is 1. The largest absolute Gasteiger partial charge is 0.492 e. The van der Waals surface area contributed by atoms with E-state index in [2.05, 4.69) is 26.6 Å². The van der Waals surface area contributed by atoms with Gasteiger partial charge in [-0.2, -0.15) is 0 Å². The summed E-state index contributed by atoms with van der Waals surface area (Å²) in [6, 6.07) is 16.4. The van der Waals surface area contributed by atoms with Crippen LogP contribution in [-0.4, -0.2) is 17.6 Å². The summed E-state index contributed by atoms with van der Waals surface area (Å²) in [5.41, 5.74) is 1.36. The summed E-state index contributed by atoms with van der Waals surface area (Å²) < 4.78 is 12.2. The van der Waals surface area contributed by atoms with Crippen molar-refractivity contribution in [2.24, 2.45) is 0 Å². The molecule has 29 heavy (non-hydrogen) atoms. The Hall–Kier alpha value is -2.35.